The van der Waals surface area contributed by atoms with Crippen molar-refractivity contribution in [3.63, 3.8) is 0 Å². The van der Waals surface area contributed by atoms with Gasteiger partial charge < -0.3 is 47.7 Å². The smallest absolute Gasteiger partial charge is 0.326 e. The van der Waals surface area contributed by atoms with Crippen LogP contribution in [0, 0.1) is 0 Å². The molecule has 16 heteroatoms. The van der Waals surface area contributed by atoms with Crippen molar-refractivity contribution in [2.75, 3.05) is 0 Å². The van der Waals surface area contributed by atoms with Crippen LogP contribution in [0.15, 0.2) is 30.5 Å². The van der Waals surface area contributed by atoms with E-state index in [-0.39, 0.29) is 19.3 Å². The second-order valence-electron chi connectivity index (χ2n) is 9.23. The van der Waals surface area contributed by atoms with Gasteiger partial charge in [-0.25, -0.2) is 4.79 Å². The van der Waals surface area contributed by atoms with Crippen LogP contribution in [0.2, 0.25) is 0 Å². The molecule has 0 spiro atoms. The van der Waals surface area contributed by atoms with E-state index >= 15 is 0 Å². The lowest BCUT2D eigenvalue weighted by Gasteiger charge is -2.24. The van der Waals surface area contributed by atoms with Gasteiger partial charge in [0.1, 0.15) is 18.1 Å². The molecule has 0 bridgehead atoms. The van der Waals surface area contributed by atoms with Crippen LogP contribution < -0.4 is 27.4 Å². The summed E-state index contributed by atoms with van der Waals surface area (Å²) in [5, 5.41) is 34.7. The van der Waals surface area contributed by atoms with Crippen molar-refractivity contribution in [1.29, 1.82) is 0 Å². The maximum Gasteiger partial charge on any atom is 0.326 e. The molecule has 0 fully saturated rings. The summed E-state index contributed by atoms with van der Waals surface area (Å²) in [6.45, 7) is 0. The topological polar surface area (TPSA) is 284 Å². The fourth-order valence-corrected chi connectivity index (χ4v) is 3.92. The molecular formula is C25H32N6O10. The predicted octanol–water partition coefficient (Wildman–Crippen LogP) is -1.82. The normalized spacial score (nSPS) is 13.8. The zero-order chi connectivity index (χ0) is 30.7. The summed E-state index contributed by atoms with van der Waals surface area (Å²) >= 11 is 0. The van der Waals surface area contributed by atoms with Crippen LogP contribution in [0.4, 0.5) is 0 Å². The molecule has 2 rings (SSSR count). The van der Waals surface area contributed by atoms with E-state index in [0.717, 1.165) is 16.5 Å². The van der Waals surface area contributed by atoms with E-state index in [0.29, 0.717) is 0 Å². The highest BCUT2D eigenvalue weighted by molar-refractivity contribution is 5.96. The Hall–Kier alpha value is -4.99. The van der Waals surface area contributed by atoms with Crippen LogP contribution in [-0.4, -0.2) is 86.0 Å². The van der Waals surface area contributed by atoms with Gasteiger partial charge in [-0.1, -0.05) is 18.2 Å². The molecule has 4 amide bonds. The average molecular weight is 577 g/mol. The molecule has 4 unspecified atom stereocenters. The number of hydrogen-bond donors (Lipinski definition) is 9. The van der Waals surface area contributed by atoms with Gasteiger partial charge in [0, 0.05) is 29.9 Å². The number of rotatable bonds is 17. The van der Waals surface area contributed by atoms with Gasteiger partial charge in [-0.2, -0.15) is 0 Å². The molecule has 4 atom stereocenters. The quantitative estimate of drug-likeness (QED) is 0.101. The summed E-state index contributed by atoms with van der Waals surface area (Å²) in [6, 6.07) is 1.22. The predicted molar refractivity (Wildman–Crippen MR) is 141 cm³/mol. The molecule has 1 heterocycles. The molecule has 11 N–H and O–H groups in total. The number of para-hydroxylation sites is 1. The van der Waals surface area contributed by atoms with Crippen molar-refractivity contribution in [3.05, 3.63) is 36.0 Å². The minimum Gasteiger partial charge on any atom is -0.481 e. The molecule has 0 saturated heterocycles. The number of fused-ring (bicyclic) bond motifs is 1. The van der Waals surface area contributed by atoms with E-state index in [2.05, 4.69) is 15.6 Å². The monoisotopic (exact) mass is 576 g/mol. The zero-order valence-electron chi connectivity index (χ0n) is 21.8. The molecule has 0 radical (unpaired) electrons. The van der Waals surface area contributed by atoms with Crippen LogP contribution in [-0.2, 0) is 40.0 Å². The molecule has 0 aliphatic rings. The number of carboxylic acid groups (broad SMARTS) is 3. The Labute approximate surface area is 232 Å². The first-order valence-electron chi connectivity index (χ1n) is 12.4. The van der Waals surface area contributed by atoms with Crippen molar-refractivity contribution >= 4 is 52.4 Å². The Morgan fingerprint density at radius 1 is 0.780 bits per heavy atom. The Morgan fingerprint density at radius 2 is 1.37 bits per heavy atom. The standard InChI is InChI=1S/C25H32N6O10/c26-14(9-12-11-28-15-4-2-1-3-13(12)15)22(37)29-16(5-7-19(27)32)23(38)31-18(10-21(35)36)24(39)30-17(25(40)41)6-8-20(33)34/h1-4,11,14,16-18,28H,5-10,26H2,(H2,27,32)(H,29,37)(H,30,39)(H,31,38)(H,33,34)(H,35,36)(H,40,41). The highest BCUT2D eigenvalue weighted by Crippen LogP contribution is 2.19. The van der Waals surface area contributed by atoms with Gasteiger partial charge in [0.25, 0.3) is 0 Å². The maximum atomic E-state index is 13.0. The molecule has 16 nitrogen and oxygen atoms in total. The first-order chi connectivity index (χ1) is 19.3. The van der Waals surface area contributed by atoms with Crippen LogP contribution in [0.5, 0.6) is 0 Å². The Bertz CT molecular complexity index is 1310. The van der Waals surface area contributed by atoms with Crippen molar-refractivity contribution in [1.82, 2.24) is 20.9 Å². The Kier molecular flexibility index (Phi) is 11.8. The summed E-state index contributed by atoms with van der Waals surface area (Å²) < 4.78 is 0. The van der Waals surface area contributed by atoms with Crippen molar-refractivity contribution in [2.45, 2.75) is 62.7 Å². The number of amides is 4. The third-order valence-electron chi connectivity index (χ3n) is 6.04. The number of aromatic amines is 1. The van der Waals surface area contributed by atoms with Crippen molar-refractivity contribution in [3.8, 4) is 0 Å². The molecule has 2 aromatic rings. The summed E-state index contributed by atoms with van der Waals surface area (Å²) in [7, 11) is 0. The number of primary amides is 1. The number of carboxylic acids is 3. The van der Waals surface area contributed by atoms with Crippen LogP contribution in [0.25, 0.3) is 10.9 Å². The fraction of sp³-hybridized carbons (Fsp3) is 0.400. The van der Waals surface area contributed by atoms with E-state index < -0.39 is 85.0 Å². The summed E-state index contributed by atoms with van der Waals surface area (Å²) in [5.74, 6) is -8.28. The molecule has 222 valence electrons. The third-order valence-corrected chi connectivity index (χ3v) is 6.04. The zero-order valence-corrected chi connectivity index (χ0v) is 21.8. The van der Waals surface area contributed by atoms with E-state index in [4.69, 9.17) is 16.6 Å². The summed E-state index contributed by atoms with van der Waals surface area (Å²) in [5.41, 5.74) is 12.8. The third kappa shape index (κ3) is 10.2. The lowest BCUT2D eigenvalue weighted by molar-refractivity contribution is -0.144. The fourth-order valence-electron chi connectivity index (χ4n) is 3.92. The van der Waals surface area contributed by atoms with E-state index in [1.54, 1.807) is 6.20 Å². The first-order valence-corrected chi connectivity index (χ1v) is 12.4. The summed E-state index contributed by atoms with van der Waals surface area (Å²) in [6.07, 6.45) is -0.989. The largest absolute Gasteiger partial charge is 0.481 e. The van der Waals surface area contributed by atoms with Crippen LogP contribution in [0.3, 0.4) is 0 Å². The van der Waals surface area contributed by atoms with Gasteiger partial charge in [-0.15, -0.1) is 0 Å². The van der Waals surface area contributed by atoms with Crippen molar-refractivity contribution in [2.24, 2.45) is 11.5 Å². The number of nitrogens with two attached hydrogens (primary N) is 2. The molecular weight excluding hydrogens is 544 g/mol. The van der Waals surface area contributed by atoms with E-state index in [1.165, 1.54) is 0 Å². The molecule has 0 aliphatic carbocycles. The number of aliphatic carboxylic acids is 3. The molecule has 0 aliphatic heterocycles. The number of benzene rings is 1. The second-order valence-corrected chi connectivity index (χ2v) is 9.23. The first kappa shape index (κ1) is 32.2. The van der Waals surface area contributed by atoms with Gasteiger partial charge in [-0.3, -0.25) is 28.8 Å². The van der Waals surface area contributed by atoms with Gasteiger partial charge in [-0.05, 0) is 30.9 Å². The Morgan fingerprint density at radius 3 is 1.98 bits per heavy atom. The minimum atomic E-state index is -1.81. The number of hydrogen-bond acceptors (Lipinski definition) is 8. The van der Waals surface area contributed by atoms with Gasteiger partial charge >= 0.3 is 17.9 Å². The highest BCUT2D eigenvalue weighted by Gasteiger charge is 2.32. The molecule has 41 heavy (non-hydrogen) atoms. The molecule has 1 aromatic heterocycles. The highest BCUT2D eigenvalue weighted by atomic mass is 16.4. The van der Waals surface area contributed by atoms with Gasteiger partial charge in [0.2, 0.25) is 23.6 Å². The average Bonchev–Trinajstić information content (AvgIpc) is 3.30. The number of nitrogens with one attached hydrogen (secondary N) is 4. The lowest BCUT2D eigenvalue weighted by Crippen LogP contribution is -2.57. The van der Waals surface area contributed by atoms with E-state index in [1.807, 2.05) is 29.6 Å². The summed E-state index contributed by atoms with van der Waals surface area (Å²) in [4.78, 5) is 86.6. The van der Waals surface area contributed by atoms with Crippen molar-refractivity contribution < 1.29 is 48.9 Å². The second kappa shape index (κ2) is 15.0. The number of aromatic nitrogens is 1. The Balaban J connectivity index is 2.16. The van der Waals surface area contributed by atoms with E-state index in [9.17, 15) is 43.8 Å². The minimum absolute atomic E-state index is 0.0803. The number of carbonyl (C=O) groups is 7. The van der Waals surface area contributed by atoms with Crippen LogP contribution in [0.1, 0.15) is 37.7 Å². The molecule has 1 aromatic carbocycles. The lowest BCUT2D eigenvalue weighted by atomic mass is 10.0. The maximum absolute atomic E-state index is 13.0. The SMILES string of the molecule is NC(=O)CCC(NC(=O)C(N)Cc1c[nH]c2ccccc12)C(=O)NC(CC(=O)O)C(=O)NC(CCC(=O)O)C(=O)O. The number of carbonyl (C=O) groups excluding carboxylic acids is 4. The van der Waals surface area contributed by atoms with Gasteiger partial charge in [0.15, 0.2) is 0 Å². The van der Waals surface area contributed by atoms with Gasteiger partial charge in [0.05, 0.1) is 12.5 Å². The van der Waals surface area contributed by atoms with Crippen LogP contribution >= 0.6 is 0 Å². The molecule has 0 saturated carbocycles. The number of H-pyrrole nitrogens is 1.